The van der Waals surface area contributed by atoms with E-state index in [1.807, 2.05) is 36.4 Å². The number of carbonyl (C=O) groups excluding carboxylic acids is 2. The Kier molecular flexibility index (Phi) is 8.90. The molecule has 0 aliphatic carbocycles. The number of nitrogens with two attached hydrogens (primary N) is 1. The average molecular weight is 557 g/mol. The zero-order valence-corrected chi connectivity index (χ0v) is 24.2. The molecule has 3 aromatic carbocycles. The number of imide groups is 1. The first-order valence-corrected chi connectivity index (χ1v) is 14.4. The summed E-state index contributed by atoms with van der Waals surface area (Å²) in [4.78, 5) is 34.0. The lowest BCUT2D eigenvalue weighted by Gasteiger charge is -2.39. The lowest BCUT2D eigenvalue weighted by Crippen LogP contribution is -2.47. The fourth-order valence-corrected chi connectivity index (χ4v) is 6.13. The van der Waals surface area contributed by atoms with Crippen molar-refractivity contribution in [3.63, 3.8) is 0 Å². The topological polar surface area (TPSA) is 88.3 Å². The Balaban J connectivity index is 1.36. The van der Waals surface area contributed by atoms with Gasteiger partial charge in [0.1, 0.15) is 0 Å². The van der Waals surface area contributed by atoms with Crippen LogP contribution in [0.25, 0.3) is 0 Å². The first kappa shape index (κ1) is 28.6. The summed E-state index contributed by atoms with van der Waals surface area (Å²) < 4.78 is 10.9. The number of hydrogen-bond donors (Lipinski definition) is 1. The number of carbonyl (C=O) groups is 2. The predicted molar refractivity (Wildman–Crippen MR) is 161 cm³/mol. The van der Waals surface area contributed by atoms with Gasteiger partial charge in [0.05, 0.1) is 31.0 Å². The highest BCUT2D eigenvalue weighted by atomic mass is 16.5. The Morgan fingerprint density at radius 1 is 0.854 bits per heavy atom. The number of methoxy groups -OCH3 is 2. The molecule has 8 nitrogen and oxygen atoms in total. The van der Waals surface area contributed by atoms with Crippen molar-refractivity contribution >= 4 is 17.5 Å². The zero-order valence-electron chi connectivity index (χ0n) is 24.2. The van der Waals surface area contributed by atoms with Crippen LogP contribution in [0.1, 0.15) is 57.7 Å². The van der Waals surface area contributed by atoms with Gasteiger partial charge in [-0.3, -0.25) is 19.4 Å². The number of piperazine rings is 1. The molecule has 2 atom stereocenters. The molecule has 0 bridgehead atoms. The smallest absolute Gasteiger partial charge is 0.263 e. The molecule has 0 radical (unpaired) electrons. The second-order valence-corrected chi connectivity index (χ2v) is 10.8. The summed E-state index contributed by atoms with van der Waals surface area (Å²) in [5.74, 6) is 0.806. The van der Waals surface area contributed by atoms with Gasteiger partial charge in [0.2, 0.25) is 0 Å². The summed E-state index contributed by atoms with van der Waals surface area (Å²) in [5, 5.41) is 0. The lowest BCUT2D eigenvalue weighted by atomic mass is 9.99. The Bertz CT molecular complexity index is 1370. The van der Waals surface area contributed by atoms with Crippen molar-refractivity contribution in [2.24, 2.45) is 5.73 Å². The van der Waals surface area contributed by atoms with E-state index in [9.17, 15) is 9.59 Å². The predicted octanol–water partition coefficient (Wildman–Crippen LogP) is 4.53. The van der Waals surface area contributed by atoms with E-state index >= 15 is 0 Å². The van der Waals surface area contributed by atoms with E-state index in [0.717, 1.165) is 37.4 Å². The summed E-state index contributed by atoms with van der Waals surface area (Å²) in [7, 11) is 3.20. The minimum absolute atomic E-state index is 0.219. The Morgan fingerprint density at radius 3 is 2.27 bits per heavy atom. The molecule has 1 fully saturated rings. The van der Waals surface area contributed by atoms with Crippen molar-refractivity contribution in [3.05, 3.63) is 89.0 Å². The molecule has 8 heteroatoms. The maximum atomic E-state index is 14.0. The van der Waals surface area contributed by atoms with E-state index in [1.54, 1.807) is 20.3 Å². The van der Waals surface area contributed by atoms with Gasteiger partial charge >= 0.3 is 0 Å². The van der Waals surface area contributed by atoms with Crippen LogP contribution in [0.3, 0.4) is 0 Å². The third-order valence-corrected chi connectivity index (χ3v) is 8.43. The highest BCUT2D eigenvalue weighted by Gasteiger charge is 2.42. The van der Waals surface area contributed by atoms with Crippen LogP contribution in [0.4, 0.5) is 5.69 Å². The van der Waals surface area contributed by atoms with Gasteiger partial charge < -0.3 is 20.1 Å². The molecule has 2 amide bonds. The minimum Gasteiger partial charge on any atom is -0.493 e. The number of benzene rings is 3. The molecule has 3 aromatic rings. The fourth-order valence-electron chi connectivity index (χ4n) is 6.13. The van der Waals surface area contributed by atoms with E-state index in [-0.39, 0.29) is 17.9 Å². The van der Waals surface area contributed by atoms with Gasteiger partial charge in [-0.15, -0.1) is 0 Å². The van der Waals surface area contributed by atoms with Crippen molar-refractivity contribution in [2.45, 2.75) is 38.3 Å². The summed E-state index contributed by atoms with van der Waals surface area (Å²) in [6.45, 7) is 6.07. The summed E-state index contributed by atoms with van der Waals surface area (Å²) >= 11 is 0. The van der Waals surface area contributed by atoms with Crippen LogP contribution in [-0.2, 0) is 6.42 Å². The number of anilines is 1. The van der Waals surface area contributed by atoms with Gasteiger partial charge in [0.15, 0.2) is 11.5 Å². The quantitative estimate of drug-likeness (QED) is 0.347. The van der Waals surface area contributed by atoms with Crippen LogP contribution in [-0.4, -0.2) is 74.6 Å². The summed E-state index contributed by atoms with van der Waals surface area (Å²) in [6.07, 6.45) is 1.85. The number of nitrogens with zero attached hydrogens (tertiary/aromatic N) is 3. The Morgan fingerprint density at radius 2 is 1.59 bits per heavy atom. The van der Waals surface area contributed by atoms with Gasteiger partial charge in [-0.1, -0.05) is 42.5 Å². The molecule has 0 unspecified atom stereocenters. The van der Waals surface area contributed by atoms with Gasteiger partial charge in [0, 0.05) is 38.3 Å². The summed E-state index contributed by atoms with van der Waals surface area (Å²) in [6, 6.07) is 21.9. The highest BCUT2D eigenvalue weighted by Crippen LogP contribution is 2.36. The highest BCUT2D eigenvalue weighted by molar-refractivity contribution is 6.24. The van der Waals surface area contributed by atoms with E-state index in [0.29, 0.717) is 54.5 Å². The van der Waals surface area contributed by atoms with Crippen LogP contribution in [0.15, 0.2) is 66.7 Å². The van der Waals surface area contributed by atoms with Crippen molar-refractivity contribution in [1.82, 2.24) is 9.80 Å². The second-order valence-electron chi connectivity index (χ2n) is 10.8. The van der Waals surface area contributed by atoms with E-state index < -0.39 is 0 Å². The average Bonchev–Trinajstić information content (AvgIpc) is 3.28. The molecule has 0 spiro atoms. The minimum atomic E-state index is -0.319. The molecule has 2 heterocycles. The number of ether oxygens (including phenoxy) is 2. The van der Waals surface area contributed by atoms with Crippen LogP contribution in [0, 0.1) is 0 Å². The first-order chi connectivity index (χ1) is 20.0. The maximum Gasteiger partial charge on any atom is 0.263 e. The SMILES string of the molecule is COc1ccc(C[C@@H](CCCN)N2C(=O)c3cccc(N4CCN([C@H](C)c5ccccc5)CC4)c3C2=O)cc1OC. The largest absolute Gasteiger partial charge is 0.493 e. The van der Waals surface area contributed by atoms with E-state index in [4.69, 9.17) is 15.2 Å². The molecule has 5 rings (SSSR count). The molecule has 2 aliphatic rings. The number of rotatable bonds is 11. The van der Waals surface area contributed by atoms with Crippen LogP contribution in [0.2, 0.25) is 0 Å². The molecule has 216 valence electrons. The standard InChI is InChI=1S/C33H40N4O4/c1-23(25-9-5-4-6-10-25)35-17-19-36(20-18-35)28-13-7-12-27-31(28)33(39)37(32(27)38)26(11-8-16-34)21-24-14-15-29(40-2)30(22-24)41-3/h4-7,9-10,12-15,22-23,26H,8,11,16-21,34H2,1-3H3/t23-,26-/m1/s1. The van der Waals surface area contributed by atoms with Crippen molar-refractivity contribution in [3.8, 4) is 11.5 Å². The summed E-state index contributed by atoms with van der Waals surface area (Å²) in [5.41, 5.74) is 9.98. The molecule has 1 saturated heterocycles. The molecule has 2 aliphatic heterocycles. The van der Waals surface area contributed by atoms with E-state index in [1.165, 1.54) is 10.5 Å². The fraction of sp³-hybridized carbons (Fsp3) is 0.394. The number of fused-ring (bicyclic) bond motifs is 1. The number of hydrogen-bond acceptors (Lipinski definition) is 7. The lowest BCUT2D eigenvalue weighted by molar-refractivity contribution is 0.0574. The first-order valence-electron chi connectivity index (χ1n) is 14.4. The van der Waals surface area contributed by atoms with Crippen LogP contribution >= 0.6 is 0 Å². The maximum absolute atomic E-state index is 14.0. The van der Waals surface area contributed by atoms with Crippen LogP contribution in [0.5, 0.6) is 11.5 Å². The second kappa shape index (κ2) is 12.7. The van der Waals surface area contributed by atoms with Gasteiger partial charge in [-0.25, -0.2) is 0 Å². The van der Waals surface area contributed by atoms with Gasteiger partial charge in [0.25, 0.3) is 11.8 Å². The molecule has 41 heavy (non-hydrogen) atoms. The Hall–Kier alpha value is -3.88. The van der Waals surface area contributed by atoms with Gasteiger partial charge in [-0.05, 0) is 68.1 Å². The molecule has 0 aromatic heterocycles. The third-order valence-electron chi connectivity index (χ3n) is 8.43. The van der Waals surface area contributed by atoms with E-state index in [2.05, 4.69) is 41.0 Å². The third kappa shape index (κ3) is 5.80. The molecule has 2 N–H and O–H groups in total. The normalized spacial score (nSPS) is 17.0. The van der Waals surface area contributed by atoms with Crippen molar-refractivity contribution in [2.75, 3.05) is 51.8 Å². The molecular formula is C33H40N4O4. The Labute approximate surface area is 242 Å². The van der Waals surface area contributed by atoms with Crippen molar-refractivity contribution in [1.29, 1.82) is 0 Å². The van der Waals surface area contributed by atoms with Gasteiger partial charge in [-0.2, -0.15) is 0 Å². The molecular weight excluding hydrogens is 516 g/mol. The van der Waals surface area contributed by atoms with Crippen LogP contribution < -0.4 is 20.1 Å². The molecule has 0 saturated carbocycles. The number of amides is 2. The zero-order chi connectivity index (χ0) is 28.9. The monoisotopic (exact) mass is 556 g/mol. The van der Waals surface area contributed by atoms with Crippen molar-refractivity contribution < 1.29 is 19.1 Å².